The van der Waals surface area contributed by atoms with Crippen LogP contribution < -0.4 is 11.1 Å². The average Bonchev–Trinajstić information content (AvgIpc) is 2.33. The normalized spacial score (nSPS) is 19.6. The Kier molecular flexibility index (Phi) is 6.19. The maximum atomic E-state index is 12.8. The fraction of sp³-hybridized carbons (Fsp3) is 0.833. The van der Waals surface area contributed by atoms with E-state index in [9.17, 15) is 18.0 Å². The van der Waals surface area contributed by atoms with Crippen LogP contribution in [0, 0.1) is 11.8 Å². The fourth-order valence-corrected chi connectivity index (χ4v) is 2.48. The predicted molar refractivity (Wildman–Crippen MR) is 74.2 cm³/mol. The second-order valence-electron chi connectivity index (χ2n) is 5.18. The van der Waals surface area contributed by atoms with Gasteiger partial charge >= 0.3 is 6.18 Å². The number of halogens is 3. The van der Waals surface area contributed by atoms with Crippen LogP contribution in [0.1, 0.15) is 19.8 Å². The summed E-state index contributed by atoms with van der Waals surface area (Å²) in [5.74, 6) is -1.51. The molecule has 4 nitrogen and oxygen atoms in total. The molecule has 0 radical (unpaired) electrons. The molecule has 3 N–H and O–H groups in total. The molecule has 0 spiro atoms. The number of carbonyl (C=O) groups is 1. The molecule has 1 aliphatic rings. The monoisotopic (exact) mass is 311 g/mol. The summed E-state index contributed by atoms with van der Waals surface area (Å²) >= 11 is 4.51. The van der Waals surface area contributed by atoms with Crippen molar-refractivity contribution in [3.05, 3.63) is 0 Å². The largest absolute Gasteiger partial charge is 0.399 e. The molecule has 1 rings (SSSR count). The van der Waals surface area contributed by atoms with Gasteiger partial charge in [0.1, 0.15) is 5.92 Å². The second-order valence-corrected chi connectivity index (χ2v) is 5.65. The van der Waals surface area contributed by atoms with Crippen LogP contribution in [0.3, 0.4) is 0 Å². The minimum atomic E-state index is -4.39. The third-order valence-corrected chi connectivity index (χ3v) is 3.81. The lowest BCUT2D eigenvalue weighted by atomic mass is 9.95. The van der Waals surface area contributed by atoms with Gasteiger partial charge in [0.15, 0.2) is 0 Å². The summed E-state index contributed by atoms with van der Waals surface area (Å²) in [5.41, 5.74) is 5.19. The number of carbonyl (C=O) groups excluding carboxylic acids is 1. The Morgan fingerprint density at radius 2 is 2.00 bits per heavy atom. The molecule has 0 aromatic heterocycles. The average molecular weight is 311 g/mol. The Hall–Kier alpha value is -0.890. The van der Waals surface area contributed by atoms with Gasteiger partial charge in [0, 0.05) is 20.0 Å². The molecule has 20 heavy (non-hydrogen) atoms. The number of nitrogens with two attached hydrogens (primary N) is 1. The summed E-state index contributed by atoms with van der Waals surface area (Å²) < 4.78 is 38.3. The van der Waals surface area contributed by atoms with Gasteiger partial charge in [-0.15, -0.1) is 0 Å². The predicted octanol–water partition coefficient (Wildman–Crippen LogP) is 1.30. The number of amides is 1. The van der Waals surface area contributed by atoms with Crippen molar-refractivity contribution in [2.45, 2.75) is 25.9 Å². The highest BCUT2D eigenvalue weighted by atomic mass is 32.1. The molecule has 8 heteroatoms. The molecule has 1 heterocycles. The van der Waals surface area contributed by atoms with E-state index in [-0.39, 0.29) is 12.5 Å². The Morgan fingerprint density at radius 3 is 2.40 bits per heavy atom. The number of likely N-dealkylation sites (tertiary alicyclic amines) is 1. The van der Waals surface area contributed by atoms with Gasteiger partial charge < -0.3 is 16.0 Å². The summed E-state index contributed by atoms with van der Waals surface area (Å²) in [6.45, 7) is 3.00. The zero-order valence-electron chi connectivity index (χ0n) is 11.4. The van der Waals surface area contributed by atoms with E-state index in [0.29, 0.717) is 25.6 Å². The van der Waals surface area contributed by atoms with E-state index in [0.717, 1.165) is 12.8 Å². The van der Waals surface area contributed by atoms with Crippen molar-refractivity contribution >= 4 is 23.1 Å². The first kappa shape index (κ1) is 17.2. The summed E-state index contributed by atoms with van der Waals surface area (Å²) in [7, 11) is 0. The van der Waals surface area contributed by atoms with Crippen molar-refractivity contribution in [1.29, 1.82) is 0 Å². The number of hydrogen-bond donors (Lipinski definition) is 2. The third-order valence-electron chi connectivity index (χ3n) is 3.53. The van der Waals surface area contributed by atoms with Gasteiger partial charge in [-0.2, -0.15) is 13.2 Å². The SMILES string of the molecule is CC(=O)NCC1CCN(CC(C(N)=S)C(F)(F)F)CC1. The van der Waals surface area contributed by atoms with Gasteiger partial charge in [-0.1, -0.05) is 12.2 Å². The number of alkyl halides is 3. The van der Waals surface area contributed by atoms with Crippen molar-refractivity contribution in [3.8, 4) is 0 Å². The molecule has 0 aromatic rings. The molecule has 0 aliphatic carbocycles. The van der Waals surface area contributed by atoms with Gasteiger partial charge in [-0.05, 0) is 31.8 Å². The van der Waals surface area contributed by atoms with Crippen molar-refractivity contribution in [2.75, 3.05) is 26.2 Å². The molecular weight excluding hydrogens is 291 g/mol. The van der Waals surface area contributed by atoms with Crippen LogP contribution in [0.2, 0.25) is 0 Å². The zero-order valence-corrected chi connectivity index (χ0v) is 12.2. The number of thiocarbonyl (C=S) groups is 1. The van der Waals surface area contributed by atoms with Crippen LogP contribution in [0.5, 0.6) is 0 Å². The van der Waals surface area contributed by atoms with Crippen LogP contribution in [0.15, 0.2) is 0 Å². The molecule has 0 aromatic carbocycles. The van der Waals surface area contributed by atoms with Crippen LogP contribution in [-0.2, 0) is 4.79 Å². The second kappa shape index (κ2) is 7.21. The van der Waals surface area contributed by atoms with Crippen molar-refractivity contribution in [3.63, 3.8) is 0 Å². The molecule has 0 saturated carbocycles. The fourth-order valence-electron chi connectivity index (χ4n) is 2.27. The van der Waals surface area contributed by atoms with Crippen LogP contribution >= 0.6 is 12.2 Å². The van der Waals surface area contributed by atoms with Crippen LogP contribution in [0.25, 0.3) is 0 Å². The lowest BCUT2D eigenvalue weighted by molar-refractivity contribution is -0.160. The Labute approximate surface area is 121 Å². The van der Waals surface area contributed by atoms with E-state index in [4.69, 9.17) is 5.73 Å². The zero-order chi connectivity index (χ0) is 15.3. The summed E-state index contributed by atoms with van der Waals surface area (Å²) in [6, 6.07) is 0. The first-order chi connectivity index (χ1) is 9.20. The molecule has 1 unspecified atom stereocenters. The van der Waals surface area contributed by atoms with E-state index in [1.165, 1.54) is 6.92 Å². The number of nitrogens with one attached hydrogen (secondary N) is 1. The standard InChI is InChI=1S/C12H20F3N3OS/c1-8(19)17-6-9-2-4-18(5-3-9)7-10(11(16)20)12(13,14)15/h9-10H,2-7H2,1H3,(H2,16,20)(H,17,19). The summed E-state index contributed by atoms with van der Waals surface area (Å²) in [5, 5.41) is 2.74. The lowest BCUT2D eigenvalue weighted by Gasteiger charge is -2.34. The quantitative estimate of drug-likeness (QED) is 0.752. The summed E-state index contributed by atoms with van der Waals surface area (Å²) in [6.07, 6.45) is -2.86. The Bertz CT molecular complexity index is 354. The van der Waals surface area contributed by atoms with Gasteiger partial charge in [0.05, 0.1) is 4.99 Å². The van der Waals surface area contributed by atoms with Crippen molar-refractivity contribution in [2.24, 2.45) is 17.6 Å². The maximum absolute atomic E-state index is 12.8. The van der Waals surface area contributed by atoms with Crippen LogP contribution in [0.4, 0.5) is 13.2 Å². The molecule has 1 atom stereocenters. The van der Waals surface area contributed by atoms with E-state index in [1.807, 2.05) is 0 Å². The molecule has 1 aliphatic heterocycles. The number of hydrogen-bond acceptors (Lipinski definition) is 3. The number of piperidine rings is 1. The van der Waals surface area contributed by atoms with Crippen molar-refractivity contribution in [1.82, 2.24) is 10.2 Å². The van der Waals surface area contributed by atoms with Crippen molar-refractivity contribution < 1.29 is 18.0 Å². The Morgan fingerprint density at radius 1 is 1.45 bits per heavy atom. The number of rotatable bonds is 5. The highest BCUT2D eigenvalue weighted by Gasteiger charge is 2.42. The van der Waals surface area contributed by atoms with E-state index in [1.54, 1.807) is 4.90 Å². The maximum Gasteiger partial charge on any atom is 0.399 e. The van der Waals surface area contributed by atoms with Gasteiger partial charge in [0.25, 0.3) is 0 Å². The molecule has 1 saturated heterocycles. The first-order valence-corrected chi connectivity index (χ1v) is 6.93. The van der Waals surface area contributed by atoms with E-state index >= 15 is 0 Å². The van der Waals surface area contributed by atoms with E-state index < -0.39 is 17.1 Å². The molecule has 1 amide bonds. The van der Waals surface area contributed by atoms with Gasteiger partial charge in [-0.3, -0.25) is 4.79 Å². The highest BCUT2D eigenvalue weighted by Crippen LogP contribution is 2.28. The molecule has 116 valence electrons. The van der Waals surface area contributed by atoms with E-state index in [2.05, 4.69) is 17.5 Å². The summed E-state index contributed by atoms with van der Waals surface area (Å²) in [4.78, 5) is 12.0. The molecule has 0 bridgehead atoms. The van der Waals surface area contributed by atoms with Crippen LogP contribution in [-0.4, -0.2) is 48.2 Å². The topological polar surface area (TPSA) is 58.4 Å². The van der Waals surface area contributed by atoms with Gasteiger partial charge in [0.2, 0.25) is 5.91 Å². The minimum absolute atomic E-state index is 0.0851. The van der Waals surface area contributed by atoms with Gasteiger partial charge in [-0.25, -0.2) is 0 Å². The number of nitrogens with zero attached hydrogens (tertiary/aromatic N) is 1. The molecular formula is C12H20F3N3OS. The lowest BCUT2D eigenvalue weighted by Crippen LogP contribution is -2.46. The minimum Gasteiger partial charge on any atom is -0.393 e. The molecule has 1 fully saturated rings. The smallest absolute Gasteiger partial charge is 0.393 e. The highest BCUT2D eigenvalue weighted by molar-refractivity contribution is 7.80. The third kappa shape index (κ3) is 5.62. The Balaban J connectivity index is 2.41. The first-order valence-electron chi connectivity index (χ1n) is 6.53.